The molecule has 1 N–H and O–H groups in total. The first-order valence-corrected chi connectivity index (χ1v) is 3.64. The highest BCUT2D eigenvalue weighted by Gasteiger charge is 2.31. The Bertz CT molecular complexity index is 378. The van der Waals surface area contributed by atoms with Gasteiger partial charge in [0, 0.05) is 13.2 Å². The van der Waals surface area contributed by atoms with Crippen LogP contribution in [-0.2, 0) is 6.18 Å². The van der Waals surface area contributed by atoms with Gasteiger partial charge in [-0.05, 0) is 6.07 Å². The van der Waals surface area contributed by atoms with Crippen LogP contribution >= 0.6 is 0 Å². The Hall–Kier alpha value is -1.77. The van der Waals surface area contributed by atoms with E-state index in [-0.39, 0.29) is 11.4 Å². The Kier molecular flexibility index (Phi) is 2.60. The molecule has 0 fully saturated rings. The van der Waals surface area contributed by atoms with Crippen molar-refractivity contribution in [2.75, 3.05) is 12.4 Å². The van der Waals surface area contributed by atoms with Crippen molar-refractivity contribution >= 4 is 5.82 Å². The Morgan fingerprint density at radius 1 is 1.50 bits per heavy atom. The average Bonchev–Trinajstić information content (AvgIpc) is 2.15. The van der Waals surface area contributed by atoms with Gasteiger partial charge >= 0.3 is 6.18 Å². The number of anilines is 1. The minimum atomic E-state index is -4.47. The second-order valence-electron chi connectivity index (χ2n) is 2.48. The zero-order chi connectivity index (χ0) is 10.8. The van der Waals surface area contributed by atoms with E-state index in [0.29, 0.717) is 6.20 Å². The molecule has 0 radical (unpaired) electrons. The van der Waals surface area contributed by atoms with Gasteiger partial charge in [0.05, 0.1) is 11.1 Å². The van der Waals surface area contributed by atoms with E-state index in [1.165, 1.54) is 7.05 Å². The van der Waals surface area contributed by atoms with E-state index in [0.717, 1.165) is 6.07 Å². The molecule has 0 spiro atoms. The standard InChI is InChI=1S/C8H6F3N3/c1-13-7-5(3-12)2-6(4-14-7)8(9,10)11/h2,4H,1H3,(H,13,14). The van der Waals surface area contributed by atoms with Crippen molar-refractivity contribution in [2.24, 2.45) is 0 Å². The van der Waals surface area contributed by atoms with Crippen molar-refractivity contribution in [3.05, 3.63) is 23.4 Å². The molecule has 0 unspecified atom stereocenters. The monoisotopic (exact) mass is 201 g/mol. The number of alkyl halides is 3. The van der Waals surface area contributed by atoms with Crippen molar-refractivity contribution in [1.82, 2.24) is 4.98 Å². The summed E-state index contributed by atoms with van der Waals surface area (Å²) in [4.78, 5) is 3.48. The lowest BCUT2D eigenvalue weighted by atomic mass is 10.2. The second-order valence-corrected chi connectivity index (χ2v) is 2.48. The van der Waals surface area contributed by atoms with Crippen molar-refractivity contribution in [1.29, 1.82) is 5.26 Å². The summed E-state index contributed by atoms with van der Waals surface area (Å²) in [6, 6.07) is 2.40. The Balaban J connectivity index is 3.23. The number of hydrogen-bond donors (Lipinski definition) is 1. The highest BCUT2D eigenvalue weighted by molar-refractivity contribution is 5.52. The van der Waals surface area contributed by atoms with E-state index in [1.54, 1.807) is 6.07 Å². The molecule has 0 aliphatic heterocycles. The number of rotatable bonds is 1. The van der Waals surface area contributed by atoms with Gasteiger partial charge < -0.3 is 5.32 Å². The molecule has 1 rings (SSSR count). The van der Waals surface area contributed by atoms with Crippen LogP contribution < -0.4 is 5.32 Å². The molecule has 6 heteroatoms. The summed E-state index contributed by atoms with van der Waals surface area (Å²) < 4.78 is 36.5. The van der Waals surface area contributed by atoms with Crippen LogP contribution in [0.15, 0.2) is 12.3 Å². The predicted octanol–water partition coefficient (Wildman–Crippen LogP) is 2.01. The van der Waals surface area contributed by atoms with Gasteiger partial charge in [0.15, 0.2) is 0 Å². The summed E-state index contributed by atoms with van der Waals surface area (Å²) >= 11 is 0. The Labute approximate surface area is 78.2 Å². The van der Waals surface area contributed by atoms with Gasteiger partial charge in [-0.3, -0.25) is 0 Å². The maximum Gasteiger partial charge on any atom is 0.417 e. The Morgan fingerprint density at radius 3 is 2.57 bits per heavy atom. The van der Waals surface area contributed by atoms with Gasteiger partial charge in [-0.15, -0.1) is 0 Å². The summed E-state index contributed by atoms with van der Waals surface area (Å²) in [5, 5.41) is 11.1. The third-order valence-electron chi connectivity index (χ3n) is 1.57. The first-order chi connectivity index (χ1) is 6.49. The van der Waals surface area contributed by atoms with Gasteiger partial charge in [-0.2, -0.15) is 18.4 Å². The molecule has 0 aromatic carbocycles. The highest BCUT2D eigenvalue weighted by Crippen LogP contribution is 2.30. The van der Waals surface area contributed by atoms with Gasteiger partial charge in [0.25, 0.3) is 0 Å². The fourth-order valence-corrected chi connectivity index (χ4v) is 0.904. The molecule has 0 saturated heterocycles. The summed E-state index contributed by atoms with van der Waals surface area (Å²) in [6.07, 6.45) is -3.78. The molecule has 0 saturated carbocycles. The molecule has 0 aliphatic carbocycles. The number of nitriles is 1. The third-order valence-corrected chi connectivity index (χ3v) is 1.57. The van der Waals surface area contributed by atoms with Crippen LogP contribution in [0.25, 0.3) is 0 Å². The van der Waals surface area contributed by atoms with E-state index >= 15 is 0 Å². The molecule has 0 atom stereocenters. The van der Waals surface area contributed by atoms with Crippen LogP contribution in [0.4, 0.5) is 19.0 Å². The van der Waals surface area contributed by atoms with E-state index in [9.17, 15) is 13.2 Å². The van der Waals surface area contributed by atoms with Crippen molar-refractivity contribution < 1.29 is 13.2 Å². The molecule has 1 aromatic rings. The molecule has 0 bridgehead atoms. The number of pyridine rings is 1. The molecule has 3 nitrogen and oxygen atoms in total. The summed E-state index contributed by atoms with van der Waals surface area (Å²) in [5.74, 6) is 0.139. The van der Waals surface area contributed by atoms with Crippen LogP contribution in [0, 0.1) is 11.3 Å². The third kappa shape index (κ3) is 1.93. The van der Waals surface area contributed by atoms with E-state index < -0.39 is 11.7 Å². The minimum absolute atomic E-state index is 0.123. The molecular formula is C8H6F3N3. The quantitative estimate of drug-likeness (QED) is 0.756. The Morgan fingerprint density at radius 2 is 2.14 bits per heavy atom. The second kappa shape index (κ2) is 3.54. The zero-order valence-corrected chi connectivity index (χ0v) is 7.18. The SMILES string of the molecule is CNc1ncc(C(F)(F)F)cc1C#N. The zero-order valence-electron chi connectivity index (χ0n) is 7.18. The molecular weight excluding hydrogens is 195 g/mol. The van der Waals surface area contributed by atoms with Gasteiger partial charge in [0.1, 0.15) is 11.9 Å². The van der Waals surface area contributed by atoms with Crippen LogP contribution in [0.3, 0.4) is 0 Å². The van der Waals surface area contributed by atoms with Gasteiger partial charge in [-0.1, -0.05) is 0 Å². The van der Waals surface area contributed by atoms with Crippen LogP contribution in [0.5, 0.6) is 0 Å². The van der Waals surface area contributed by atoms with Gasteiger partial charge in [0.2, 0.25) is 0 Å². The molecule has 0 aliphatic rings. The normalized spacial score (nSPS) is 10.8. The first kappa shape index (κ1) is 10.3. The van der Waals surface area contributed by atoms with Crippen molar-refractivity contribution in [3.63, 3.8) is 0 Å². The summed E-state index contributed by atoms with van der Waals surface area (Å²) in [5.41, 5.74) is -1.05. The van der Waals surface area contributed by atoms with Crippen LogP contribution in [-0.4, -0.2) is 12.0 Å². The number of hydrogen-bond acceptors (Lipinski definition) is 3. The van der Waals surface area contributed by atoms with E-state index in [4.69, 9.17) is 5.26 Å². The lowest BCUT2D eigenvalue weighted by molar-refractivity contribution is -0.137. The van der Waals surface area contributed by atoms with Crippen molar-refractivity contribution in [3.8, 4) is 6.07 Å². The average molecular weight is 201 g/mol. The van der Waals surface area contributed by atoms with Crippen LogP contribution in [0.1, 0.15) is 11.1 Å². The molecule has 1 heterocycles. The topological polar surface area (TPSA) is 48.7 Å². The summed E-state index contributed by atoms with van der Waals surface area (Å²) in [7, 11) is 1.48. The van der Waals surface area contributed by atoms with E-state index in [1.807, 2.05) is 0 Å². The fraction of sp³-hybridized carbons (Fsp3) is 0.250. The maximum absolute atomic E-state index is 12.2. The van der Waals surface area contributed by atoms with Crippen LogP contribution in [0.2, 0.25) is 0 Å². The maximum atomic E-state index is 12.2. The number of aromatic nitrogens is 1. The smallest absolute Gasteiger partial charge is 0.372 e. The predicted molar refractivity (Wildman–Crippen MR) is 43.5 cm³/mol. The highest BCUT2D eigenvalue weighted by atomic mass is 19.4. The molecule has 74 valence electrons. The van der Waals surface area contributed by atoms with Crippen molar-refractivity contribution in [2.45, 2.75) is 6.18 Å². The first-order valence-electron chi connectivity index (χ1n) is 3.64. The number of nitrogens with zero attached hydrogens (tertiary/aromatic N) is 2. The lowest BCUT2D eigenvalue weighted by Gasteiger charge is -2.07. The molecule has 0 amide bonds. The number of halogens is 3. The number of nitrogens with one attached hydrogen (secondary N) is 1. The molecule has 1 aromatic heterocycles. The molecule has 14 heavy (non-hydrogen) atoms. The van der Waals surface area contributed by atoms with E-state index in [2.05, 4.69) is 10.3 Å². The lowest BCUT2D eigenvalue weighted by Crippen LogP contribution is -2.07. The fourth-order valence-electron chi connectivity index (χ4n) is 0.904. The largest absolute Gasteiger partial charge is 0.417 e. The van der Waals surface area contributed by atoms with Gasteiger partial charge in [-0.25, -0.2) is 4.98 Å². The minimum Gasteiger partial charge on any atom is -0.372 e. The summed E-state index contributed by atoms with van der Waals surface area (Å²) in [6.45, 7) is 0.